The third-order valence-corrected chi connectivity index (χ3v) is 7.69. The number of aryl methyl sites for hydroxylation is 2. The van der Waals surface area contributed by atoms with Crippen LogP contribution in [0.1, 0.15) is 31.9 Å². The highest BCUT2D eigenvalue weighted by Gasteiger charge is 2.48. The van der Waals surface area contributed by atoms with Gasteiger partial charge in [0.05, 0.1) is 23.0 Å². The van der Waals surface area contributed by atoms with Crippen LogP contribution in [-0.2, 0) is 12.6 Å². The Morgan fingerprint density at radius 2 is 1.50 bits per heavy atom. The van der Waals surface area contributed by atoms with Gasteiger partial charge in [-0.2, -0.15) is 4.90 Å². The monoisotopic (exact) mass is 414 g/mol. The molecule has 0 fully saturated rings. The maximum Gasteiger partial charge on any atom is 0.343 e. The Labute approximate surface area is 182 Å². The molecule has 2 heterocycles. The summed E-state index contributed by atoms with van der Waals surface area (Å²) in [5.41, 5.74) is 6.39. The van der Waals surface area contributed by atoms with Gasteiger partial charge in [-0.15, -0.1) is 0 Å². The fourth-order valence-corrected chi connectivity index (χ4v) is 6.35. The average molecular weight is 415 g/mol. The van der Waals surface area contributed by atoms with Crippen LogP contribution in [0, 0.1) is 6.92 Å². The lowest BCUT2D eigenvalue weighted by molar-refractivity contribution is -0.627. The zero-order valence-electron chi connectivity index (χ0n) is 18.3. The number of aromatic nitrogens is 1. The van der Waals surface area contributed by atoms with E-state index in [0.29, 0.717) is 0 Å². The Morgan fingerprint density at radius 3 is 2.23 bits per heavy atom. The van der Waals surface area contributed by atoms with Crippen molar-refractivity contribution in [1.82, 2.24) is 0 Å². The first-order valence-corrected chi connectivity index (χ1v) is 11.3. The summed E-state index contributed by atoms with van der Waals surface area (Å²) < 4.78 is 3.65. The van der Waals surface area contributed by atoms with Gasteiger partial charge in [-0.1, -0.05) is 48.5 Å². The van der Waals surface area contributed by atoms with Gasteiger partial charge in [0.2, 0.25) is 0 Å². The summed E-state index contributed by atoms with van der Waals surface area (Å²) in [6.45, 7) is 9.23. The molecule has 0 spiro atoms. The molecule has 0 aliphatic carbocycles. The van der Waals surface area contributed by atoms with Gasteiger partial charge in [-0.25, -0.2) is 4.57 Å². The average Bonchev–Trinajstić information content (AvgIpc) is 3.22. The van der Waals surface area contributed by atoms with E-state index >= 15 is 0 Å². The van der Waals surface area contributed by atoms with E-state index in [1.165, 1.54) is 37.8 Å². The predicted octanol–water partition coefficient (Wildman–Crippen LogP) is 6.27. The molecule has 30 heavy (non-hydrogen) atoms. The second kappa shape index (κ2) is 6.85. The summed E-state index contributed by atoms with van der Waals surface area (Å²) >= 11 is 1.86. The molecule has 0 saturated heterocycles. The molecule has 1 atom stereocenters. The van der Waals surface area contributed by atoms with E-state index in [9.17, 15) is 0 Å². The number of nitrogens with zero attached hydrogens (tertiary/aromatic N) is 3. The molecule has 0 bridgehead atoms. The van der Waals surface area contributed by atoms with E-state index in [2.05, 4.69) is 122 Å². The minimum atomic E-state index is -0.148. The molecule has 1 aromatic heterocycles. The predicted molar refractivity (Wildman–Crippen MR) is 128 cm³/mol. The molecule has 5 rings (SSSR count). The molecule has 0 saturated carbocycles. The Bertz CT molecular complexity index is 1240. The van der Waals surface area contributed by atoms with Gasteiger partial charge < -0.3 is 4.90 Å². The Hall–Kier alpha value is -2.85. The van der Waals surface area contributed by atoms with Crippen LogP contribution in [0.2, 0.25) is 0 Å². The van der Waals surface area contributed by atoms with E-state index < -0.39 is 0 Å². The van der Waals surface area contributed by atoms with Crippen molar-refractivity contribution in [2.75, 3.05) is 9.80 Å². The van der Waals surface area contributed by atoms with E-state index in [-0.39, 0.29) is 11.7 Å². The second-order valence-corrected chi connectivity index (χ2v) is 9.66. The highest BCUT2D eigenvalue weighted by Crippen LogP contribution is 2.50. The van der Waals surface area contributed by atoms with Crippen molar-refractivity contribution in [3.05, 3.63) is 83.9 Å². The van der Waals surface area contributed by atoms with Crippen molar-refractivity contribution in [2.24, 2.45) is 7.05 Å². The van der Waals surface area contributed by atoms with Crippen molar-refractivity contribution >= 4 is 38.1 Å². The molecule has 0 radical (unpaired) electrons. The first-order chi connectivity index (χ1) is 14.4. The van der Waals surface area contributed by atoms with Crippen LogP contribution >= 0.6 is 11.3 Å². The van der Waals surface area contributed by atoms with E-state index in [1.54, 1.807) is 0 Å². The van der Waals surface area contributed by atoms with Gasteiger partial charge in [0.25, 0.3) is 0 Å². The third-order valence-electron chi connectivity index (χ3n) is 6.48. The molecule has 152 valence electrons. The minimum absolute atomic E-state index is 0.148. The molecule has 3 aromatic carbocycles. The summed E-state index contributed by atoms with van der Waals surface area (Å²) in [7, 11) is 2.18. The summed E-state index contributed by atoms with van der Waals surface area (Å²) in [6.07, 6.45) is 0.191. The number of fused-ring (bicyclic) bond motifs is 2. The van der Waals surface area contributed by atoms with Crippen LogP contribution in [0.15, 0.2) is 72.8 Å². The maximum atomic E-state index is 2.58. The van der Waals surface area contributed by atoms with Gasteiger partial charge in [0.1, 0.15) is 5.52 Å². The molecule has 1 aliphatic heterocycles. The maximum absolute atomic E-state index is 2.58. The van der Waals surface area contributed by atoms with Crippen LogP contribution < -0.4 is 14.4 Å². The largest absolute Gasteiger partial charge is 0.343 e. The molecule has 0 amide bonds. The number of hydrogen-bond acceptors (Lipinski definition) is 3. The summed E-state index contributed by atoms with van der Waals surface area (Å²) in [5.74, 6) is 0. The summed E-state index contributed by atoms with van der Waals surface area (Å²) in [5, 5.41) is 1.26. The van der Waals surface area contributed by atoms with Gasteiger partial charge in [0.15, 0.2) is 11.9 Å². The smallest absolute Gasteiger partial charge is 0.320 e. The van der Waals surface area contributed by atoms with Crippen molar-refractivity contribution in [1.29, 1.82) is 0 Å². The van der Waals surface area contributed by atoms with Gasteiger partial charge >= 0.3 is 5.13 Å². The number of para-hydroxylation sites is 3. The SMILES string of the molecule is Cc1ccccc1C(C)(C)N1c2ccccc2N(c2sc3ccccc3[n+]2C)[C@H]1C. The minimum Gasteiger partial charge on any atom is -0.320 e. The van der Waals surface area contributed by atoms with Crippen LogP contribution in [0.3, 0.4) is 0 Å². The fraction of sp³-hybridized carbons (Fsp3) is 0.269. The molecule has 3 nitrogen and oxygen atoms in total. The molecule has 0 unspecified atom stereocenters. The second-order valence-electron chi connectivity index (χ2n) is 8.65. The van der Waals surface area contributed by atoms with Gasteiger partial charge in [-0.3, -0.25) is 0 Å². The first-order valence-electron chi connectivity index (χ1n) is 10.5. The standard InChI is InChI=1S/C26H28N3S/c1-18-12-6-7-13-20(18)26(3,4)29-19(2)28(21-14-8-9-15-22(21)29)25-27(5)23-16-10-11-17-24(23)30-25/h6-17,19H,1-5H3/q+1/t19-/m1/s1. The molecular weight excluding hydrogens is 386 g/mol. The van der Waals surface area contributed by atoms with Crippen molar-refractivity contribution < 1.29 is 4.57 Å². The zero-order valence-corrected chi connectivity index (χ0v) is 19.1. The Kier molecular flexibility index (Phi) is 4.37. The lowest BCUT2D eigenvalue weighted by atomic mass is 9.88. The normalized spacial score (nSPS) is 16.4. The topological polar surface area (TPSA) is 10.4 Å². The molecule has 4 heteroatoms. The number of hydrogen-bond donors (Lipinski definition) is 0. The van der Waals surface area contributed by atoms with Crippen molar-refractivity contribution in [3.63, 3.8) is 0 Å². The summed E-state index contributed by atoms with van der Waals surface area (Å²) in [4.78, 5) is 5.08. The highest BCUT2D eigenvalue weighted by molar-refractivity contribution is 7.21. The molecule has 0 N–H and O–H groups in total. The zero-order chi connectivity index (χ0) is 21.0. The highest BCUT2D eigenvalue weighted by atomic mass is 32.1. The van der Waals surface area contributed by atoms with E-state index in [0.717, 1.165) is 0 Å². The third kappa shape index (κ3) is 2.67. The van der Waals surface area contributed by atoms with E-state index in [1.807, 2.05) is 11.3 Å². The summed E-state index contributed by atoms with van der Waals surface area (Å²) in [6, 6.07) is 26.2. The lowest BCUT2D eigenvalue weighted by Crippen LogP contribution is -2.51. The van der Waals surface area contributed by atoms with Crippen LogP contribution in [0.5, 0.6) is 0 Å². The Morgan fingerprint density at radius 1 is 0.867 bits per heavy atom. The lowest BCUT2D eigenvalue weighted by Gasteiger charge is -2.40. The van der Waals surface area contributed by atoms with Crippen molar-refractivity contribution in [2.45, 2.75) is 39.4 Å². The van der Waals surface area contributed by atoms with Crippen LogP contribution in [0.25, 0.3) is 10.2 Å². The fourth-order valence-electron chi connectivity index (χ4n) is 5.11. The Balaban J connectivity index is 1.69. The van der Waals surface area contributed by atoms with Crippen LogP contribution in [-0.4, -0.2) is 6.17 Å². The number of anilines is 3. The number of benzene rings is 3. The first kappa shape index (κ1) is 19.1. The number of rotatable bonds is 3. The molecule has 1 aliphatic rings. The van der Waals surface area contributed by atoms with E-state index in [4.69, 9.17) is 0 Å². The van der Waals surface area contributed by atoms with Gasteiger partial charge in [0, 0.05) is 0 Å². The molecule has 4 aromatic rings. The molecular formula is C26H28N3S+. The number of thiazole rings is 1. The van der Waals surface area contributed by atoms with Crippen molar-refractivity contribution in [3.8, 4) is 0 Å². The van der Waals surface area contributed by atoms with Gasteiger partial charge in [-0.05, 0) is 74.4 Å². The van der Waals surface area contributed by atoms with Crippen LogP contribution in [0.4, 0.5) is 16.5 Å². The quantitative estimate of drug-likeness (QED) is 0.366.